The Balaban J connectivity index is 1.72. The molecular formula is C19H20N4O4. The Labute approximate surface area is 156 Å². The van der Waals surface area contributed by atoms with Crippen molar-refractivity contribution in [2.75, 3.05) is 21.3 Å². The molecule has 0 saturated heterocycles. The average Bonchev–Trinajstić information content (AvgIpc) is 3.22. The molecule has 0 bridgehead atoms. The number of hydrogen-bond acceptors (Lipinski definition) is 6. The lowest BCUT2D eigenvalue weighted by atomic mass is 10.1. The normalized spacial score (nSPS) is 10.3. The van der Waals surface area contributed by atoms with Crippen molar-refractivity contribution in [3.8, 4) is 22.9 Å². The summed E-state index contributed by atoms with van der Waals surface area (Å²) in [6.45, 7) is 0.272. The third-order valence-electron chi connectivity index (χ3n) is 3.89. The van der Waals surface area contributed by atoms with Crippen LogP contribution in [0.1, 0.15) is 16.1 Å². The molecule has 27 heavy (non-hydrogen) atoms. The van der Waals surface area contributed by atoms with Gasteiger partial charge in [0.2, 0.25) is 5.75 Å². The van der Waals surface area contributed by atoms with Crippen molar-refractivity contribution in [1.29, 1.82) is 0 Å². The largest absolute Gasteiger partial charge is 0.493 e. The summed E-state index contributed by atoms with van der Waals surface area (Å²) >= 11 is 0. The second-order valence-corrected chi connectivity index (χ2v) is 5.57. The van der Waals surface area contributed by atoms with Crippen LogP contribution in [-0.4, -0.2) is 42.2 Å². The summed E-state index contributed by atoms with van der Waals surface area (Å²) in [5, 5.41) is 11.2. The number of aromatic nitrogens is 3. The van der Waals surface area contributed by atoms with Crippen LogP contribution in [0.25, 0.3) is 5.69 Å². The molecule has 3 aromatic rings. The van der Waals surface area contributed by atoms with Gasteiger partial charge in [0.25, 0.3) is 5.91 Å². The fraction of sp³-hybridized carbons (Fsp3) is 0.211. The number of nitrogens with zero attached hydrogens (tertiary/aromatic N) is 3. The molecular weight excluding hydrogens is 348 g/mol. The van der Waals surface area contributed by atoms with Gasteiger partial charge in [-0.1, -0.05) is 18.2 Å². The molecule has 8 heteroatoms. The first kappa shape index (κ1) is 18.2. The summed E-state index contributed by atoms with van der Waals surface area (Å²) in [7, 11) is 4.63. The van der Waals surface area contributed by atoms with Crippen molar-refractivity contribution in [2.24, 2.45) is 0 Å². The maximum Gasteiger partial charge on any atom is 0.273 e. The first-order valence-corrected chi connectivity index (χ1v) is 8.21. The molecule has 0 spiro atoms. The van der Waals surface area contributed by atoms with E-state index in [0.717, 1.165) is 11.3 Å². The van der Waals surface area contributed by atoms with Crippen molar-refractivity contribution in [3.05, 3.63) is 59.9 Å². The highest BCUT2D eigenvalue weighted by Gasteiger charge is 2.15. The summed E-state index contributed by atoms with van der Waals surface area (Å²) in [6, 6.07) is 12.9. The van der Waals surface area contributed by atoms with E-state index < -0.39 is 0 Å². The Morgan fingerprint density at radius 1 is 1.04 bits per heavy atom. The quantitative estimate of drug-likeness (QED) is 0.688. The van der Waals surface area contributed by atoms with E-state index in [4.69, 9.17) is 14.2 Å². The van der Waals surface area contributed by atoms with Crippen LogP contribution in [0.4, 0.5) is 0 Å². The van der Waals surface area contributed by atoms with Gasteiger partial charge in [-0.3, -0.25) is 4.79 Å². The molecule has 8 nitrogen and oxygen atoms in total. The Kier molecular flexibility index (Phi) is 5.55. The van der Waals surface area contributed by atoms with Crippen LogP contribution in [0.5, 0.6) is 17.2 Å². The fourth-order valence-corrected chi connectivity index (χ4v) is 2.56. The van der Waals surface area contributed by atoms with E-state index >= 15 is 0 Å². The molecule has 2 aromatic carbocycles. The van der Waals surface area contributed by atoms with Gasteiger partial charge in [0.05, 0.1) is 33.2 Å². The van der Waals surface area contributed by atoms with Gasteiger partial charge in [0.1, 0.15) is 0 Å². The van der Waals surface area contributed by atoms with E-state index in [1.165, 1.54) is 18.1 Å². The molecule has 0 fully saturated rings. The number of para-hydroxylation sites is 1. The highest BCUT2D eigenvalue weighted by atomic mass is 16.5. The number of methoxy groups -OCH3 is 3. The zero-order chi connectivity index (χ0) is 19.2. The number of ether oxygens (including phenoxy) is 3. The molecule has 1 heterocycles. The van der Waals surface area contributed by atoms with E-state index in [1.807, 2.05) is 30.3 Å². The van der Waals surface area contributed by atoms with Gasteiger partial charge in [-0.05, 0) is 29.8 Å². The summed E-state index contributed by atoms with van der Waals surface area (Å²) in [6.07, 6.45) is 1.43. The Morgan fingerprint density at radius 2 is 1.70 bits per heavy atom. The molecule has 1 aromatic heterocycles. The SMILES string of the molecule is COc1cc(CNC(=O)c2cnn(-c3ccccc3)n2)cc(OC)c1OC. The van der Waals surface area contributed by atoms with Crippen molar-refractivity contribution in [3.63, 3.8) is 0 Å². The zero-order valence-corrected chi connectivity index (χ0v) is 15.3. The first-order valence-electron chi connectivity index (χ1n) is 8.21. The summed E-state index contributed by atoms with van der Waals surface area (Å²) in [4.78, 5) is 13.8. The summed E-state index contributed by atoms with van der Waals surface area (Å²) in [5.74, 6) is 1.22. The van der Waals surface area contributed by atoms with Gasteiger partial charge in [0, 0.05) is 6.54 Å². The number of hydrogen-bond donors (Lipinski definition) is 1. The number of amides is 1. The van der Waals surface area contributed by atoms with Crippen LogP contribution in [0.2, 0.25) is 0 Å². The Morgan fingerprint density at radius 3 is 2.30 bits per heavy atom. The second-order valence-electron chi connectivity index (χ2n) is 5.57. The summed E-state index contributed by atoms with van der Waals surface area (Å²) in [5.41, 5.74) is 1.81. The van der Waals surface area contributed by atoms with Gasteiger partial charge in [-0.15, -0.1) is 5.10 Å². The highest BCUT2D eigenvalue weighted by Crippen LogP contribution is 2.38. The maximum absolute atomic E-state index is 12.4. The monoisotopic (exact) mass is 368 g/mol. The lowest BCUT2D eigenvalue weighted by Gasteiger charge is -2.14. The Bertz CT molecular complexity index is 899. The number of benzene rings is 2. The minimum Gasteiger partial charge on any atom is -0.493 e. The molecule has 0 aliphatic rings. The molecule has 0 unspecified atom stereocenters. The summed E-state index contributed by atoms with van der Waals surface area (Å²) < 4.78 is 15.9. The van der Waals surface area contributed by atoms with Crippen LogP contribution < -0.4 is 19.5 Å². The molecule has 1 amide bonds. The van der Waals surface area contributed by atoms with Gasteiger partial charge in [-0.25, -0.2) is 0 Å². The number of rotatable bonds is 7. The van der Waals surface area contributed by atoms with Gasteiger partial charge in [-0.2, -0.15) is 9.90 Å². The third-order valence-corrected chi connectivity index (χ3v) is 3.89. The second kappa shape index (κ2) is 8.22. The maximum atomic E-state index is 12.4. The number of nitrogens with one attached hydrogen (secondary N) is 1. The number of carbonyl (C=O) groups excluding carboxylic acids is 1. The topological polar surface area (TPSA) is 87.5 Å². The lowest BCUT2D eigenvalue weighted by molar-refractivity contribution is 0.0945. The zero-order valence-electron chi connectivity index (χ0n) is 15.3. The van der Waals surface area contributed by atoms with Gasteiger partial charge < -0.3 is 19.5 Å². The van der Waals surface area contributed by atoms with E-state index in [2.05, 4.69) is 15.5 Å². The standard InChI is InChI=1S/C19H20N4O4/c1-25-16-9-13(10-17(26-2)18(16)27-3)11-20-19(24)15-12-21-23(22-15)14-7-5-4-6-8-14/h4-10,12H,11H2,1-3H3,(H,20,24). The van der Waals surface area contributed by atoms with E-state index in [9.17, 15) is 4.79 Å². The molecule has 0 saturated carbocycles. The fourth-order valence-electron chi connectivity index (χ4n) is 2.56. The first-order chi connectivity index (χ1) is 13.2. The van der Waals surface area contributed by atoms with Gasteiger partial charge >= 0.3 is 0 Å². The third kappa shape index (κ3) is 4.00. The van der Waals surface area contributed by atoms with Crippen LogP contribution in [0.3, 0.4) is 0 Å². The molecule has 3 rings (SSSR count). The minimum atomic E-state index is -0.328. The van der Waals surface area contributed by atoms with Crippen molar-refractivity contribution in [1.82, 2.24) is 20.3 Å². The van der Waals surface area contributed by atoms with Crippen LogP contribution >= 0.6 is 0 Å². The molecule has 140 valence electrons. The highest BCUT2D eigenvalue weighted by molar-refractivity contribution is 5.91. The lowest BCUT2D eigenvalue weighted by Crippen LogP contribution is -2.23. The van der Waals surface area contributed by atoms with E-state index in [1.54, 1.807) is 26.4 Å². The van der Waals surface area contributed by atoms with Gasteiger partial charge in [0.15, 0.2) is 17.2 Å². The van der Waals surface area contributed by atoms with Crippen LogP contribution in [-0.2, 0) is 6.54 Å². The molecule has 0 radical (unpaired) electrons. The molecule has 0 atom stereocenters. The van der Waals surface area contributed by atoms with Crippen molar-refractivity contribution >= 4 is 5.91 Å². The minimum absolute atomic E-state index is 0.228. The predicted octanol–water partition coefficient (Wildman–Crippen LogP) is 2.22. The average molecular weight is 368 g/mol. The van der Waals surface area contributed by atoms with Crippen molar-refractivity contribution in [2.45, 2.75) is 6.54 Å². The molecule has 0 aliphatic heterocycles. The van der Waals surface area contributed by atoms with Crippen LogP contribution in [0.15, 0.2) is 48.7 Å². The molecule has 0 aliphatic carbocycles. The van der Waals surface area contributed by atoms with Crippen molar-refractivity contribution < 1.29 is 19.0 Å². The smallest absolute Gasteiger partial charge is 0.273 e. The number of carbonyl (C=O) groups is 1. The Hall–Kier alpha value is -3.55. The van der Waals surface area contributed by atoms with E-state index in [0.29, 0.717) is 17.2 Å². The molecule has 1 N–H and O–H groups in total. The van der Waals surface area contributed by atoms with Crippen LogP contribution in [0, 0.1) is 0 Å². The van der Waals surface area contributed by atoms with E-state index in [-0.39, 0.29) is 18.1 Å². The predicted molar refractivity (Wildman–Crippen MR) is 98.6 cm³/mol.